The van der Waals surface area contributed by atoms with E-state index in [0.717, 1.165) is 36.4 Å². The molecule has 0 bridgehead atoms. The summed E-state index contributed by atoms with van der Waals surface area (Å²) in [6.45, 7) is 11.9. The minimum absolute atomic E-state index is 0.0277. The quantitative estimate of drug-likeness (QED) is 0.114. The smallest absolute Gasteiger partial charge is 0.428 e. The van der Waals surface area contributed by atoms with E-state index in [1.165, 1.54) is 0 Å². The van der Waals surface area contributed by atoms with E-state index in [0.29, 0.717) is 6.42 Å². The highest BCUT2D eigenvalue weighted by Crippen LogP contribution is 2.35. The van der Waals surface area contributed by atoms with Crippen molar-refractivity contribution >= 4 is 12.3 Å². The SMILES string of the molecule is CC(C)(C)OC(=O)OC(=O)OC(C)(C)C.C[C@H]1CC(O)CO[C@@H]1c1cc(F)ccc1F.O=[N+]([O-])[C@H]1CC(O)CO[C@@H]1c1cc(F)ccc1F. The van der Waals surface area contributed by atoms with Crippen LogP contribution < -0.4 is 0 Å². The summed E-state index contributed by atoms with van der Waals surface area (Å²) in [6.07, 6.45) is -4.85. The molecule has 2 aromatic rings. The Morgan fingerprint density at radius 2 is 1.18 bits per heavy atom. The number of hydrogen-bond acceptors (Lipinski definition) is 11. The van der Waals surface area contributed by atoms with Crippen LogP contribution in [0, 0.1) is 39.3 Å². The molecule has 12 nitrogen and oxygen atoms in total. The summed E-state index contributed by atoms with van der Waals surface area (Å²) in [4.78, 5) is 32.3. The van der Waals surface area contributed by atoms with Crippen molar-refractivity contribution in [2.75, 3.05) is 13.2 Å². The summed E-state index contributed by atoms with van der Waals surface area (Å²) in [5, 5.41) is 29.6. The Labute approximate surface area is 281 Å². The van der Waals surface area contributed by atoms with Gasteiger partial charge in [-0.05, 0) is 90.3 Å². The highest BCUT2D eigenvalue weighted by Gasteiger charge is 2.41. The topological polar surface area (TPSA) is 164 Å². The van der Waals surface area contributed by atoms with Crippen molar-refractivity contribution in [1.82, 2.24) is 0 Å². The molecule has 2 unspecified atom stereocenters. The number of benzene rings is 2. The Morgan fingerprint density at radius 1 is 0.776 bits per heavy atom. The number of ether oxygens (including phenoxy) is 5. The number of aliphatic hydroxyl groups is 2. The van der Waals surface area contributed by atoms with Gasteiger partial charge in [0, 0.05) is 22.5 Å². The zero-order valence-electron chi connectivity index (χ0n) is 28.3. The maximum Gasteiger partial charge on any atom is 0.519 e. The zero-order valence-corrected chi connectivity index (χ0v) is 28.3. The highest BCUT2D eigenvalue weighted by atomic mass is 19.1. The van der Waals surface area contributed by atoms with Crippen LogP contribution in [0.5, 0.6) is 0 Å². The monoisotopic (exact) mass is 705 g/mol. The van der Waals surface area contributed by atoms with E-state index >= 15 is 0 Å². The van der Waals surface area contributed by atoms with Crippen molar-refractivity contribution < 1.29 is 66.0 Å². The van der Waals surface area contributed by atoms with E-state index in [4.69, 9.17) is 18.9 Å². The molecule has 274 valence electrons. The largest absolute Gasteiger partial charge is 0.519 e. The lowest BCUT2D eigenvalue weighted by Gasteiger charge is -2.32. The summed E-state index contributed by atoms with van der Waals surface area (Å²) in [7, 11) is 0. The summed E-state index contributed by atoms with van der Waals surface area (Å²) in [5.74, 6) is -2.42. The molecule has 2 aliphatic heterocycles. The second-order valence-electron chi connectivity index (χ2n) is 13.5. The molecule has 2 saturated heterocycles. The van der Waals surface area contributed by atoms with Crippen LogP contribution in [0.15, 0.2) is 36.4 Å². The first-order valence-electron chi connectivity index (χ1n) is 15.3. The Kier molecular flexibility index (Phi) is 14.9. The van der Waals surface area contributed by atoms with Gasteiger partial charge in [-0.2, -0.15) is 0 Å². The van der Waals surface area contributed by atoms with Gasteiger partial charge in [-0.3, -0.25) is 10.1 Å². The minimum atomic E-state index is -1.29. The van der Waals surface area contributed by atoms with Crippen LogP contribution in [0.4, 0.5) is 27.2 Å². The molecule has 16 heteroatoms. The third kappa shape index (κ3) is 14.3. The third-order valence-electron chi connectivity index (χ3n) is 6.71. The van der Waals surface area contributed by atoms with E-state index in [-0.39, 0.29) is 36.7 Å². The molecule has 0 aromatic heterocycles. The number of halogens is 4. The third-order valence-corrected chi connectivity index (χ3v) is 6.71. The van der Waals surface area contributed by atoms with E-state index in [2.05, 4.69) is 4.74 Å². The van der Waals surface area contributed by atoms with Crippen molar-refractivity contribution in [2.45, 2.75) is 103 Å². The molecule has 0 spiro atoms. The lowest BCUT2D eigenvalue weighted by atomic mass is 9.90. The van der Waals surface area contributed by atoms with Gasteiger partial charge in [0.15, 0.2) is 6.10 Å². The molecule has 0 saturated carbocycles. The van der Waals surface area contributed by atoms with E-state index in [1.54, 1.807) is 41.5 Å². The van der Waals surface area contributed by atoms with Gasteiger partial charge in [-0.15, -0.1) is 0 Å². The molecule has 2 heterocycles. The normalized spacial score (nSPS) is 23.9. The van der Waals surface area contributed by atoms with Crippen molar-refractivity contribution in [1.29, 1.82) is 0 Å². The van der Waals surface area contributed by atoms with E-state index in [1.807, 2.05) is 6.92 Å². The number of hydrogen-bond donors (Lipinski definition) is 2. The van der Waals surface area contributed by atoms with Crippen molar-refractivity contribution in [3.8, 4) is 0 Å². The van der Waals surface area contributed by atoms with Crippen LogP contribution in [0.1, 0.15) is 84.6 Å². The maximum atomic E-state index is 13.6. The van der Waals surface area contributed by atoms with Crippen LogP contribution in [0.3, 0.4) is 0 Å². The first kappa shape index (κ1) is 41.3. The Bertz CT molecular complexity index is 1400. The number of rotatable bonds is 3. The Morgan fingerprint density at radius 3 is 1.59 bits per heavy atom. The number of carbonyl (C=O) groups is 2. The van der Waals surface area contributed by atoms with E-state index < -0.39 is 82.2 Å². The fraction of sp³-hybridized carbons (Fsp3) is 0.576. The molecule has 2 aromatic carbocycles. The van der Waals surface area contributed by atoms with Gasteiger partial charge >= 0.3 is 12.3 Å². The number of nitro groups is 1. The van der Waals surface area contributed by atoms with Crippen molar-refractivity contribution in [3.05, 3.63) is 80.9 Å². The molecule has 4 rings (SSSR count). The molecule has 6 atom stereocenters. The van der Waals surface area contributed by atoms with Gasteiger partial charge in [0.05, 0.1) is 31.5 Å². The fourth-order valence-corrected chi connectivity index (χ4v) is 4.76. The van der Waals surface area contributed by atoms with Crippen LogP contribution in [0.2, 0.25) is 0 Å². The Hall–Kier alpha value is -3.86. The predicted molar refractivity (Wildman–Crippen MR) is 165 cm³/mol. The number of carbonyl (C=O) groups excluding carboxylic acids is 2. The average molecular weight is 706 g/mol. The van der Waals surface area contributed by atoms with Crippen LogP contribution in [-0.2, 0) is 23.7 Å². The second-order valence-corrected chi connectivity index (χ2v) is 13.5. The number of aliphatic hydroxyl groups excluding tert-OH is 2. The van der Waals surface area contributed by atoms with Crippen LogP contribution in [0.25, 0.3) is 0 Å². The molecule has 2 N–H and O–H groups in total. The second kappa shape index (κ2) is 17.7. The summed E-state index contributed by atoms with van der Waals surface area (Å²) in [6, 6.07) is 4.77. The first-order chi connectivity index (χ1) is 22.6. The summed E-state index contributed by atoms with van der Waals surface area (Å²) >= 11 is 0. The molecular weight excluding hydrogens is 662 g/mol. The average Bonchev–Trinajstić information content (AvgIpc) is 2.94. The van der Waals surface area contributed by atoms with Crippen LogP contribution >= 0.6 is 0 Å². The lowest BCUT2D eigenvalue weighted by molar-refractivity contribution is -0.545. The maximum absolute atomic E-state index is 13.6. The van der Waals surface area contributed by atoms with Gasteiger partial charge < -0.3 is 33.9 Å². The standard InChI is InChI=1S/C12H14F2O2.C11H11F2NO4.C10H18O5/c1-7-4-9(15)6-16-12(7)10-5-8(13)2-3-11(10)14;12-6-1-2-9(13)8(3-6)11-10(14(16)17)4-7(15)5-18-11;1-9(2,3)14-7(11)13-8(12)15-10(4,5)6/h2-3,5,7,9,12,15H,4,6H2,1H3;1-3,7,10-11,15H,4-5H2;1-6H3/t7-,9?,12-;7?,10-,11+;/m00./s1. The summed E-state index contributed by atoms with van der Waals surface area (Å²) in [5.41, 5.74) is -1.35. The molecule has 49 heavy (non-hydrogen) atoms. The fourth-order valence-electron chi connectivity index (χ4n) is 4.76. The molecular formula is C33H43F4NO11. The lowest BCUT2D eigenvalue weighted by Crippen LogP contribution is -2.40. The van der Waals surface area contributed by atoms with E-state index in [9.17, 15) is 47.5 Å². The van der Waals surface area contributed by atoms with Gasteiger partial charge in [0.2, 0.25) is 6.04 Å². The zero-order chi connectivity index (χ0) is 37.3. The van der Waals surface area contributed by atoms with Gasteiger partial charge in [-0.25, -0.2) is 27.2 Å². The molecule has 2 aliphatic rings. The summed E-state index contributed by atoms with van der Waals surface area (Å²) < 4.78 is 77.4. The highest BCUT2D eigenvalue weighted by molar-refractivity contribution is 5.77. The first-order valence-corrected chi connectivity index (χ1v) is 15.3. The predicted octanol–water partition coefficient (Wildman–Crippen LogP) is 6.73. The van der Waals surface area contributed by atoms with Gasteiger partial charge in [0.1, 0.15) is 34.5 Å². The van der Waals surface area contributed by atoms with Crippen molar-refractivity contribution in [2.24, 2.45) is 5.92 Å². The molecule has 2 fully saturated rings. The van der Waals surface area contributed by atoms with Crippen LogP contribution in [-0.4, -0.2) is 70.1 Å². The number of nitrogens with zero attached hydrogens (tertiary/aromatic N) is 1. The molecule has 0 amide bonds. The Balaban J connectivity index is 0.000000257. The molecule has 0 radical (unpaired) electrons. The minimum Gasteiger partial charge on any atom is -0.428 e. The van der Waals surface area contributed by atoms with Gasteiger partial charge in [0.25, 0.3) is 0 Å². The molecule has 0 aliphatic carbocycles. The van der Waals surface area contributed by atoms with Gasteiger partial charge in [-0.1, -0.05) is 6.92 Å². The van der Waals surface area contributed by atoms with Crippen molar-refractivity contribution in [3.63, 3.8) is 0 Å².